The van der Waals surface area contributed by atoms with Crippen LogP contribution in [0.3, 0.4) is 0 Å². The minimum absolute atomic E-state index is 0. The third-order valence-corrected chi connectivity index (χ3v) is 0.921. The first-order valence-electron chi connectivity index (χ1n) is 3.08. The van der Waals surface area contributed by atoms with E-state index in [0.717, 1.165) is 5.57 Å². The van der Waals surface area contributed by atoms with Gasteiger partial charge in [0.1, 0.15) is 0 Å². The molecule has 0 aliphatic rings. The first kappa shape index (κ1) is 13.0. The summed E-state index contributed by atoms with van der Waals surface area (Å²) in [4.78, 5) is 0. The van der Waals surface area contributed by atoms with Gasteiger partial charge in [0.15, 0.2) is 0 Å². The molecule has 0 aliphatic heterocycles. The molecule has 0 aromatic rings. The predicted molar refractivity (Wildman–Crippen MR) is 46.2 cm³/mol. The summed E-state index contributed by atoms with van der Waals surface area (Å²) in [6, 6.07) is 0. The number of allylic oxidation sites excluding steroid dienone is 5. The van der Waals surface area contributed by atoms with Crippen LogP contribution >= 0.6 is 0 Å². The molecule has 58 valence electrons. The SMILES string of the molecule is C=C/C(C#C[CH2-])=C\C=C/C.[W]. The smallest absolute Gasteiger partial charge is 0 e. The van der Waals surface area contributed by atoms with E-state index in [1.807, 2.05) is 25.2 Å². The quantitative estimate of drug-likeness (QED) is 0.417. The monoisotopic (exact) mass is 315 g/mol. The summed E-state index contributed by atoms with van der Waals surface area (Å²) < 4.78 is 0. The van der Waals surface area contributed by atoms with Crippen LogP contribution in [0.4, 0.5) is 0 Å². The van der Waals surface area contributed by atoms with Crippen molar-refractivity contribution in [3.8, 4) is 11.8 Å². The van der Waals surface area contributed by atoms with Gasteiger partial charge in [-0.2, -0.15) is 6.92 Å². The first-order valence-corrected chi connectivity index (χ1v) is 3.08. The van der Waals surface area contributed by atoms with Gasteiger partial charge in [-0.05, 0) is 6.92 Å². The van der Waals surface area contributed by atoms with Crippen LogP contribution in [0.1, 0.15) is 6.92 Å². The van der Waals surface area contributed by atoms with Crippen LogP contribution in [0.2, 0.25) is 0 Å². The van der Waals surface area contributed by atoms with E-state index in [1.165, 1.54) is 0 Å². The maximum atomic E-state index is 3.60. The van der Waals surface area contributed by atoms with Gasteiger partial charge in [-0.3, -0.25) is 11.8 Å². The second-order valence-corrected chi connectivity index (χ2v) is 1.65. The van der Waals surface area contributed by atoms with Crippen LogP contribution in [0.15, 0.2) is 36.5 Å². The van der Waals surface area contributed by atoms with Crippen LogP contribution in [0.5, 0.6) is 0 Å². The van der Waals surface area contributed by atoms with Crippen molar-refractivity contribution in [2.24, 2.45) is 0 Å². The molecule has 0 aromatic carbocycles. The van der Waals surface area contributed by atoms with E-state index in [1.54, 1.807) is 6.08 Å². The zero-order chi connectivity index (χ0) is 7.82. The van der Waals surface area contributed by atoms with Crippen molar-refractivity contribution in [3.05, 3.63) is 43.4 Å². The van der Waals surface area contributed by atoms with Crippen molar-refractivity contribution in [3.63, 3.8) is 0 Å². The van der Waals surface area contributed by atoms with Crippen LogP contribution < -0.4 is 0 Å². The topological polar surface area (TPSA) is 0 Å². The molecular formula is C10H11W-. The summed E-state index contributed by atoms with van der Waals surface area (Å²) in [7, 11) is 0. The van der Waals surface area contributed by atoms with Crippen LogP contribution in [-0.2, 0) is 21.1 Å². The van der Waals surface area contributed by atoms with E-state index in [9.17, 15) is 0 Å². The molecule has 0 aliphatic carbocycles. The maximum Gasteiger partial charge on any atom is 0 e. The zero-order valence-electron chi connectivity index (χ0n) is 6.63. The Morgan fingerprint density at radius 3 is 2.55 bits per heavy atom. The first-order chi connectivity index (χ1) is 4.85. The zero-order valence-corrected chi connectivity index (χ0v) is 9.57. The minimum Gasteiger partial charge on any atom is -0.296 e. The van der Waals surface area contributed by atoms with Gasteiger partial charge in [-0.1, -0.05) is 36.5 Å². The van der Waals surface area contributed by atoms with Gasteiger partial charge in [0, 0.05) is 21.1 Å². The second-order valence-electron chi connectivity index (χ2n) is 1.65. The fraction of sp³-hybridized carbons (Fsp3) is 0.100. The van der Waals surface area contributed by atoms with Crippen LogP contribution in [0.25, 0.3) is 0 Å². The van der Waals surface area contributed by atoms with Gasteiger partial charge in [0.2, 0.25) is 0 Å². The second kappa shape index (κ2) is 9.34. The molecule has 0 saturated carbocycles. The van der Waals surface area contributed by atoms with Crippen LogP contribution in [-0.4, -0.2) is 0 Å². The third-order valence-electron chi connectivity index (χ3n) is 0.921. The molecule has 0 amide bonds. The number of hydrogen-bond acceptors (Lipinski definition) is 0. The van der Waals surface area contributed by atoms with Gasteiger partial charge < -0.3 is 0 Å². The molecule has 11 heavy (non-hydrogen) atoms. The van der Waals surface area contributed by atoms with Crippen molar-refractivity contribution in [2.75, 3.05) is 0 Å². The molecule has 0 fully saturated rings. The minimum atomic E-state index is 0. The van der Waals surface area contributed by atoms with E-state index in [0.29, 0.717) is 0 Å². The fourth-order valence-electron chi connectivity index (χ4n) is 0.463. The van der Waals surface area contributed by atoms with E-state index in [-0.39, 0.29) is 21.1 Å². The van der Waals surface area contributed by atoms with Gasteiger partial charge >= 0.3 is 0 Å². The van der Waals surface area contributed by atoms with E-state index < -0.39 is 0 Å². The summed E-state index contributed by atoms with van der Waals surface area (Å²) in [5.41, 5.74) is 0.896. The summed E-state index contributed by atoms with van der Waals surface area (Å²) in [5, 5.41) is 0. The third kappa shape index (κ3) is 7.23. The largest absolute Gasteiger partial charge is 0.296 e. The Kier molecular flexibility index (Phi) is 11.0. The Balaban J connectivity index is 0. The van der Waals surface area contributed by atoms with E-state index in [4.69, 9.17) is 0 Å². The number of rotatable bonds is 2. The van der Waals surface area contributed by atoms with E-state index in [2.05, 4.69) is 25.3 Å². The van der Waals surface area contributed by atoms with Crippen molar-refractivity contribution in [1.29, 1.82) is 0 Å². The molecule has 0 aromatic heterocycles. The standard InChI is InChI=1S/C10H11.W/c1-4-7-9-10(6-3)8-5-2;/h4,6-7,9H,2-3H2,1H3;/q-1;/b7-4-,10-9+;. The number of hydrogen-bond donors (Lipinski definition) is 0. The summed E-state index contributed by atoms with van der Waals surface area (Å²) >= 11 is 0. The molecule has 0 saturated heterocycles. The summed E-state index contributed by atoms with van der Waals surface area (Å²) in [5.74, 6) is 5.35. The average molecular weight is 315 g/mol. The Hall–Kier alpha value is -0.662. The van der Waals surface area contributed by atoms with Crippen LogP contribution in [0, 0.1) is 18.8 Å². The van der Waals surface area contributed by atoms with Gasteiger partial charge in [-0.25, -0.2) is 0 Å². The fourth-order valence-corrected chi connectivity index (χ4v) is 0.463. The maximum absolute atomic E-state index is 3.60. The molecule has 0 spiro atoms. The Bertz CT molecular complexity index is 211. The average Bonchev–Trinajstić information content (AvgIpc) is 1.98. The van der Waals surface area contributed by atoms with Gasteiger partial charge in [-0.15, -0.1) is 0 Å². The Labute approximate surface area is 83.3 Å². The van der Waals surface area contributed by atoms with Crippen molar-refractivity contribution in [2.45, 2.75) is 6.92 Å². The molecular weight excluding hydrogens is 304 g/mol. The molecule has 0 nitrogen and oxygen atoms in total. The summed E-state index contributed by atoms with van der Waals surface area (Å²) in [6.07, 6.45) is 7.46. The van der Waals surface area contributed by atoms with Crippen molar-refractivity contribution >= 4 is 0 Å². The molecule has 1 heteroatoms. The summed E-state index contributed by atoms with van der Waals surface area (Å²) in [6.45, 7) is 8.96. The predicted octanol–water partition coefficient (Wildman–Crippen LogP) is 2.51. The molecule has 0 N–H and O–H groups in total. The van der Waals surface area contributed by atoms with Crippen molar-refractivity contribution < 1.29 is 21.1 Å². The van der Waals surface area contributed by atoms with E-state index >= 15 is 0 Å². The molecule has 0 heterocycles. The van der Waals surface area contributed by atoms with Crippen molar-refractivity contribution in [1.82, 2.24) is 0 Å². The molecule has 0 radical (unpaired) electrons. The molecule has 0 unspecified atom stereocenters. The Morgan fingerprint density at radius 2 is 2.18 bits per heavy atom. The molecule has 0 rings (SSSR count). The Morgan fingerprint density at radius 1 is 1.55 bits per heavy atom. The molecule has 0 bridgehead atoms. The van der Waals surface area contributed by atoms with Gasteiger partial charge in [0.25, 0.3) is 0 Å². The van der Waals surface area contributed by atoms with Gasteiger partial charge in [0.05, 0.1) is 0 Å². The normalized spacial score (nSPS) is 9.73. The molecule has 0 atom stereocenters.